The average Bonchev–Trinajstić information content (AvgIpc) is 3.40. The number of carbonyl (C=O) groups excluding carboxylic acids is 1. The Morgan fingerprint density at radius 2 is 1.46 bits per heavy atom. The minimum Gasteiger partial charge on any atom is -0.333 e. The molecule has 1 heterocycles. The summed E-state index contributed by atoms with van der Waals surface area (Å²) in [6.45, 7) is 3.06. The van der Waals surface area contributed by atoms with Gasteiger partial charge < -0.3 is 4.90 Å². The van der Waals surface area contributed by atoms with E-state index in [4.69, 9.17) is 0 Å². The van der Waals surface area contributed by atoms with Gasteiger partial charge >= 0.3 is 0 Å². The van der Waals surface area contributed by atoms with Crippen LogP contribution in [0, 0.1) is 5.82 Å². The molecule has 4 aromatic carbocycles. The Morgan fingerprint density at radius 1 is 0.872 bits per heavy atom. The van der Waals surface area contributed by atoms with Crippen molar-refractivity contribution < 1.29 is 9.18 Å². The van der Waals surface area contributed by atoms with Crippen LogP contribution in [-0.4, -0.2) is 34.3 Å². The van der Waals surface area contributed by atoms with E-state index in [0.717, 1.165) is 35.8 Å². The Morgan fingerprint density at radius 3 is 2.15 bits per heavy atom. The lowest BCUT2D eigenvalue weighted by Gasteiger charge is -2.43. The summed E-state index contributed by atoms with van der Waals surface area (Å²) in [6.07, 6.45) is 2.47. The van der Waals surface area contributed by atoms with E-state index < -0.39 is 0 Å². The lowest BCUT2D eigenvalue weighted by atomic mass is 9.87. The maximum absolute atomic E-state index is 14.9. The summed E-state index contributed by atoms with van der Waals surface area (Å²) in [4.78, 5) is 18.8. The summed E-state index contributed by atoms with van der Waals surface area (Å²) in [5.41, 5.74) is 6.82. The first kappa shape index (κ1) is 26.0. The number of nitrogens with zero attached hydrogens (tertiary/aromatic N) is 2. The van der Waals surface area contributed by atoms with Gasteiger partial charge in [0.1, 0.15) is 5.82 Å². The Kier molecular flexibility index (Phi) is 7.37. The molecule has 1 aliphatic heterocycles. The van der Waals surface area contributed by atoms with Crippen molar-refractivity contribution >= 4 is 21.8 Å². The molecule has 0 fully saturated rings. The number of fused-ring (bicyclic) bond motifs is 2. The molecule has 0 radical (unpaired) electrons. The summed E-state index contributed by atoms with van der Waals surface area (Å²) in [5.74, 6) is -0.219. The second-order valence-corrected chi connectivity index (χ2v) is 11.5. The Hall–Kier alpha value is -3.28. The highest BCUT2D eigenvalue weighted by molar-refractivity contribution is 9.10. The predicted octanol–water partition coefficient (Wildman–Crippen LogP) is 7.12. The maximum atomic E-state index is 14.9. The topological polar surface area (TPSA) is 23.6 Å². The van der Waals surface area contributed by atoms with Crippen LogP contribution < -0.4 is 0 Å². The average molecular weight is 584 g/mol. The zero-order chi connectivity index (χ0) is 26.9. The molecule has 6 rings (SSSR count). The van der Waals surface area contributed by atoms with E-state index in [9.17, 15) is 9.18 Å². The first-order valence-electron chi connectivity index (χ1n) is 13.7. The second kappa shape index (κ2) is 11.1. The molecule has 1 aliphatic carbocycles. The van der Waals surface area contributed by atoms with Gasteiger partial charge in [0.2, 0.25) is 5.91 Å². The fourth-order valence-corrected chi connectivity index (χ4v) is 6.88. The SMILES string of the molecule is CC(C(=O)N(Cc1ccccc1F)C1Cc2ccccc2C1)N1CCc2ccccc2C1c1ccccc1Br. The number of halogens is 2. The Bertz CT molecular complexity index is 1480. The molecule has 0 spiro atoms. The van der Waals surface area contributed by atoms with Gasteiger partial charge in [-0.25, -0.2) is 4.39 Å². The monoisotopic (exact) mass is 582 g/mol. The molecular formula is C34H32BrFN2O. The van der Waals surface area contributed by atoms with E-state index >= 15 is 0 Å². The van der Waals surface area contributed by atoms with Crippen LogP contribution in [0.25, 0.3) is 0 Å². The first-order valence-corrected chi connectivity index (χ1v) is 14.5. The van der Waals surface area contributed by atoms with E-state index in [0.29, 0.717) is 5.56 Å². The van der Waals surface area contributed by atoms with Crippen molar-refractivity contribution in [3.8, 4) is 0 Å². The van der Waals surface area contributed by atoms with E-state index in [1.54, 1.807) is 12.1 Å². The van der Waals surface area contributed by atoms with Gasteiger partial charge in [0.25, 0.3) is 0 Å². The van der Waals surface area contributed by atoms with Crippen LogP contribution in [-0.2, 0) is 30.6 Å². The van der Waals surface area contributed by atoms with Gasteiger partial charge in [0.15, 0.2) is 0 Å². The van der Waals surface area contributed by atoms with Crippen LogP contribution in [0.5, 0.6) is 0 Å². The zero-order valence-electron chi connectivity index (χ0n) is 22.1. The van der Waals surface area contributed by atoms with Crippen LogP contribution in [0.2, 0.25) is 0 Å². The second-order valence-electron chi connectivity index (χ2n) is 10.7. The third-order valence-electron chi connectivity index (χ3n) is 8.43. The van der Waals surface area contributed by atoms with Crippen molar-refractivity contribution in [3.63, 3.8) is 0 Å². The van der Waals surface area contributed by atoms with Crippen molar-refractivity contribution in [2.24, 2.45) is 0 Å². The van der Waals surface area contributed by atoms with Gasteiger partial charge in [-0.3, -0.25) is 9.69 Å². The fourth-order valence-electron chi connectivity index (χ4n) is 6.38. The Balaban J connectivity index is 1.36. The largest absolute Gasteiger partial charge is 0.333 e. The molecule has 198 valence electrons. The number of benzene rings is 4. The third-order valence-corrected chi connectivity index (χ3v) is 9.15. The fraction of sp³-hybridized carbons (Fsp3) is 0.265. The van der Waals surface area contributed by atoms with E-state index in [2.05, 4.69) is 87.6 Å². The third kappa shape index (κ3) is 5.06. The van der Waals surface area contributed by atoms with Gasteiger partial charge in [-0.1, -0.05) is 101 Å². The molecule has 3 nitrogen and oxygen atoms in total. The molecule has 0 saturated heterocycles. The maximum Gasteiger partial charge on any atom is 0.240 e. The smallest absolute Gasteiger partial charge is 0.240 e. The molecule has 0 aromatic heterocycles. The van der Waals surface area contributed by atoms with Gasteiger partial charge in [0, 0.05) is 29.2 Å². The number of hydrogen-bond acceptors (Lipinski definition) is 2. The lowest BCUT2D eigenvalue weighted by molar-refractivity contribution is -0.140. The molecule has 5 heteroatoms. The van der Waals surface area contributed by atoms with Crippen molar-refractivity contribution in [1.82, 2.24) is 9.80 Å². The summed E-state index contributed by atoms with van der Waals surface area (Å²) in [6, 6.07) is 31.6. The quantitative estimate of drug-likeness (QED) is 0.241. The van der Waals surface area contributed by atoms with Crippen molar-refractivity contribution in [1.29, 1.82) is 0 Å². The normalized spacial score (nSPS) is 17.9. The van der Waals surface area contributed by atoms with Crippen molar-refractivity contribution in [2.75, 3.05) is 6.54 Å². The molecule has 0 saturated carbocycles. The van der Waals surface area contributed by atoms with Crippen LogP contribution in [0.4, 0.5) is 4.39 Å². The van der Waals surface area contributed by atoms with Crippen molar-refractivity contribution in [2.45, 2.75) is 50.9 Å². The molecular weight excluding hydrogens is 551 g/mol. The number of carbonyl (C=O) groups is 1. The standard InChI is InChI=1S/C34H32BrFN2O/c1-23(37-19-18-24-10-4-6-14-29(24)33(37)30-15-7-8-16-31(30)35)34(39)38(22-27-13-5-9-17-32(27)36)28-20-25-11-2-3-12-26(25)21-28/h2-17,23,28,33H,18-22H2,1H3. The summed E-state index contributed by atoms with van der Waals surface area (Å²) < 4.78 is 15.9. The highest BCUT2D eigenvalue weighted by Gasteiger charge is 2.39. The molecule has 0 N–H and O–H groups in total. The highest BCUT2D eigenvalue weighted by atomic mass is 79.9. The summed E-state index contributed by atoms with van der Waals surface area (Å²) >= 11 is 3.79. The van der Waals surface area contributed by atoms with Gasteiger partial charge in [-0.2, -0.15) is 0 Å². The number of hydrogen-bond donors (Lipinski definition) is 0. The van der Waals surface area contributed by atoms with Crippen LogP contribution >= 0.6 is 15.9 Å². The minimum atomic E-state index is -0.383. The predicted molar refractivity (Wildman–Crippen MR) is 157 cm³/mol. The van der Waals surface area contributed by atoms with E-state index in [-0.39, 0.29) is 36.4 Å². The number of amides is 1. The van der Waals surface area contributed by atoms with Crippen LogP contribution in [0.15, 0.2) is 102 Å². The number of rotatable bonds is 6. The molecule has 0 bridgehead atoms. The molecule has 4 aromatic rings. The van der Waals surface area contributed by atoms with Gasteiger partial charge in [-0.15, -0.1) is 0 Å². The lowest BCUT2D eigenvalue weighted by Crippen LogP contribution is -2.53. The summed E-state index contributed by atoms with van der Waals surface area (Å²) in [5, 5.41) is 0. The molecule has 2 unspecified atom stereocenters. The van der Waals surface area contributed by atoms with Gasteiger partial charge in [-0.05, 0) is 66.1 Å². The molecule has 1 amide bonds. The molecule has 39 heavy (non-hydrogen) atoms. The van der Waals surface area contributed by atoms with Crippen molar-refractivity contribution in [3.05, 3.63) is 141 Å². The van der Waals surface area contributed by atoms with E-state index in [1.807, 2.05) is 24.0 Å². The minimum absolute atomic E-state index is 0.00376. The van der Waals surface area contributed by atoms with E-state index in [1.165, 1.54) is 28.3 Å². The van der Waals surface area contributed by atoms with Crippen LogP contribution in [0.1, 0.15) is 46.3 Å². The Labute approximate surface area is 238 Å². The summed E-state index contributed by atoms with van der Waals surface area (Å²) in [7, 11) is 0. The van der Waals surface area contributed by atoms with Gasteiger partial charge in [0.05, 0.1) is 12.1 Å². The highest BCUT2D eigenvalue weighted by Crippen LogP contribution is 2.40. The molecule has 2 aliphatic rings. The zero-order valence-corrected chi connectivity index (χ0v) is 23.6. The first-order chi connectivity index (χ1) is 19.0. The van der Waals surface area contributed by atoms with Crippen LogP contribution in [0.3, 0.4) is 0 Å². The molecule has 2 atom stereocenters.